The van der Waals surface area contributed by atoms with E-state index in [-0.39, 0.29) is 21.0 Å². The number of anilines is 1. The fraction of sp³-hybridized carbons (Fsp3) is 0.294. The number of halogens is 4. The highest BCUT2D eigenvalue weighted by atomic mass is 79.9. The zero-order valence-electron chi connectivity index (χ0n) is 14.6. The van der Waals surface area contributed by atoms with Crippen LogP contribution in [-0.2, 0) is 6.54 Å². The van der Waals surface area contributed by atoms with Crippen LogP contribution in [0, 0.1) is 13.8 Å². The Labute approximate surface area is 171 Å². The van der Waals surface area contributed by atoms with Crippen LogP contribution < -0.4 is 10.1 Å². The van der Waals surface area contributed by atoms with E-state index in [1.54, 1.807) is 17.7 Å². The summed E-state index contributed by atoms with van der Waals surface area (Å²) >= 11 is 10.8. The number of hydrogen-bond donors (Lipinski definition) is 1. The Bertz CT molecular complexity index is 1040. The second kappa shape index (κ2) is 7.73. The number of hydrogen-bond acceptors (Lipinski definition) is 4. The zero-order valence-corrected chi connectivity index (χ0v) is 17.7. The number of fused-ring (bicyclic) bond motifs is 1. The molecule has 1 N–H and O–H groups in total. The average Bonchev–Trinajstić information content (AvgIpc) is 3.09. The molecule has 27 heavy (non-hydrogen) atoms. The largest absolute Gasteiger partial charge is 0.434 e. The number of aryl methyl sites for hydroxylation is 2. The van der Waals surface area contributed by atoms with Crippen LogP contribution >= 0.6 is 38.9 Å². The molecule has 3 rings (SSSR count). The third-order valence-electron chi connectivity index (χ3n) is 4.04. The Morgan fingerprint density at radius 2 is 2.15 bits per heavy atom. The maximum Gasteiger partial charge on any atom is 0.387 e. The lowest BCUT2D eigenvalue weighted by atomic mass is 10.2. The number of aromatic nitrogens is 2. The van der Waals surface area contributed by atoms with Gasteiger partial charge in [-0.15, -0.1) is 11.3 Å². The molecule has 3 aromatic rings. The van der Waals surface area contributed by atoms with Gasteiger partial charge in [0.25, 0.3) is 5.91 Å². The van der Waals surface area contributed by atoms with E-state index in [4.69, 9.17) is 11.6 Å². The monoisotopic (exact) mass is 477 g/mol. The number of ether oxygens (including phenoxy) is 1. The van der Waals surface area contributed by atoms with E-state index >= 15 is 0 Å². The first-order valence-electron chi connectivity index (χ1n) is 7.95. The molecule has 0 bridgehead atoms. The fourth-order valence-corrected chi connectivity index (χ4v) is 4.83. The van der Waals surface area contributed by atoms with Gasteiger partial charge in [-0.25, -0.2) is 0 Å². The summed E-state index contributed by atoms with van der Waals surface area (Å²) in [6, 6.07) is 2.96. The number of amides is 1. The van der Waals surface area contributed by atoms with Crippen molar-refractivity contribution in [3.8, 4) is 5.75 Å². The van der Waals surface area contributed by atoms with Crippen LogP contribution in [0.25, 0.3) is 10.1 Å². The molecule has 0 aliphatic heterocycles. The first-order valence-corrected chi connectivity index (χ1v) is 9.94. The molecule has 0 atom stereocenters. The Kier molecular flexibility index (Phi) is 5.73. The van der Waals surface area contributed by atoms with E-state index in [9.17, 15) is 13.6 Å². The number of carbonyl (C=O) groups excluding carboxylic acids is 1. The minimum Gasteiger partial charge on any atom is -0.434 e. The number of alkyl halides is 2. The van der Waals surface area contributed by atoms with Crippen molar-refractivity contribution < 1.29 is 18.3 Å². The molecule has 10 heteroatoms. The smallest absolute Gasteiger partial charge is 0.387 e. The molecule has 0 aliphatic carbocycles. The SMILES string of the molecule is CCn1nc(C)c(NC(=O)c2sc3c(Br)ccc(OC(F)F)c3c2Cl)c1C. The van der Waals surface area contributed by atoms with Gasteiger partial charge in [-0.2, -0.15) is 13.9 Å². The molecule has 0 radical (unpaired) electrons. The number of benzene rings is 1. The van der Waals surface area contributed by atoms with Crippen molar-refractivity contribution >= 4 is 60.5 Å². The van der Waals surface area contributed by atoms with Gasteiger partial charge < -0.3 is 10.1 Å². The molecule has 0 aliphatic rings. The lowest BCUT2D eigenvalue weighted by Crippen LogP contribution is -2.12. The first-order chi connectivity index (χ1) is 12.7. The van der Waals surface area contributed by atoms with Gasteiger partial charge in [0.05, 0.1) is 32.2 Å². The summed E-state index contributed by atoms with van der Waals surface area (Å²) in [5.41, 5.74) is 2.12. The van der Waals surface area contributed by atoms with Crippen LogP contribution in [0.3, 0.4) is 0 Å². The van der Waals surface area contributed by atoms with Gasteiger partial charge in [0, 0.05) is 11.0 Å². The van der Waals surface area contributed by atoms with Gasteiger partial charge in [0.15, 0.2) is 0 Å². The van der Waals surface area contributed by atoms with Gasteiger partial charge in [0.1, 0.15) is 10.6 Å². The number of rotatable bonds is 5. The van der Waals surface area contributed by atoms with Crippen LogP contribution in [0.2, 0.25) is 5.02 Å². The molecule has 1 aromatic carbocycles. The molecule has 2 aromatic heterocycles. The highest BCUT2D eigenvalue weighted by Gasteiger charge is 2.24. The second-order valence-corrected chi connectivity index (χ2v) is 7.94. The summed E-state index contributed by atoms with van der Waals surface area (Å²) in [5, 5.41) is 7.54. The molecule has 0 saturated heterocycles. The Morgan fingerprint density at radius 1 is 1.44 bits per heavy atom. The molecule has 0 unspecified atom stereocenters. The van der Waals surface area contributed by atoms with Crippen LogP contribution in [0.15, 0.2) is 16.6 Å². The maximum atomic E-state index is 12.8. The molecule has 5 nitrogen and oxygen atoms in total. The zero-order chi connectivity index (χ0) is 19.9. The van der Waals surface area contributed by atoms with Crippen LogP contribution in [0.4, 0.5) is 14.5 Å². The standard InChI is InChI=1S/C17H15BrClF2N3O2S/c1-4-24-8(3)13(7(2)23-24)22-16(25)15-12(19)11-10(26-17(20)21)6-5-9(18)14(11)27-15/h5-6,17H,4H2,1-3H3,(H,22,25). The van der Waals surface area contributed by atoms with Gasteiger partial charge in [-0.05, 0) is 48.8 Å². The molecule has 0 fully saturated rings. The molecule has 0 spiro atoms. The molecule has 144 valence electrons. The summed E-state index contributed by atoms with van der Waals surface area (Å²) in [7, 11) is 0. The summed E-state index contributed by atoms with van der Waals surface area (Å²) in [5.74, 6) is -0.507. The number of carbonyl (C=O) groups is 1. The van der Waals surface area contributed by atoms with E-state index in [1.165, 1.54) is 6.07 Å². The summed E-state index contributed by atoms with van der Waals surface area (Å²) in [6.07, 6.45) is 0. The van der Waals surface area contributed by atoms with Crippen molar-refractivity contribution in [2.24, 2.45) is 0 Å². The minimum atomic E-state index is -2.99. The highest BCUT2D eigenvalue weighted by molar-refractivity contribution is 9.10. The number of nitrogens with one attached hydrogen (secondary N) is 1. The molecule has 1 amide bonds. The van der Waals surface area contributed by atoms with Gasteiger partial charge in [-0.3, -0.25) is 9.48 Å². The summed E-state index contributed by atoms with van der Waals surface area (Å²) in [6.45, 7) is 3.29. The molecule has 0 saturated carbocycles. The van der Waals surface area contributed by atoms with Crippen molar-refractivity contribution in [3.05, 3.63) is 37.9 Å². The lowest BCUT2D eigenvalue weighted by Gasteiger charge is -2.07. The fourth-order valence-electron chi connectivity index (χ4n) is 2.80. The maximum absolute atomic E-state index is 12.8. The lowest BCUT2D eigenvalue weighted by molar-refractivity contribution is -0.0487. The van der Waals surface area contributed by atoms with Crippen LogP contribution in [-0.4, -0.2) is 22.3 Å². The van der Waals surface area contributed by atoms with Crippen molar-refractivity contribution in [1.29, 1.82) is 0 Å². The van der Waals surface area contributed by atoms with Crippen molar-refractivity contribution in [3.63, 3.8) is 0 Å². The number of nitrogens with zero attached hydrogens (tertiary/aromatic N) is 2. The third kappa shape index (κ3) is 3.68. The summed E-state index contributed by atoms with van der Waals surface area (Å²) in [4.78, 5) is 13.0. The predicted octanol–water partition coefficient (Wildman–Crippen LogP) is 6.00. The van der Waals surface area contributed by atoms with Crippen LogP contribution in [0.5, 0.6) is 5.75 Å². The van der Waals surface area contributed by atoms with E-state index < -0.39 is 12.5 Å². The van der Waals surface area contributed by atoms with Gasteiger partial charge in [0.2, 0.25) is 0 Å². The quantitative estimate of drug-likeness (QED) is 0.489. The Hall–Kier alpha value is -1.71. The Morgan fingerprint density at radius 3 is 2.74 bits per heavy atom. The third-order valence-corrected chi connectivity index (χ3v) is 6.67. The van der Waals surface area contributed by atoms with Gasteiger partial charge >= 0.3 is 6.61 Å². The first kappa shape index (κ1) is 20.0. The minimum absolute atomic E-state index is 0.0719. The Balaban J connectivity index is 2.04. The van der Waals surface area contributed by atoms with Gasteiger partial charge in [-0.1, -0.05) is 11.6 Å². The van der Waals surface area contributed by atoms with E-state index in [1.807, 2.05) is 13.8 Å². The van der Waals surface area contributed by atoms with E-state index in [0.717, 1.165) is 17.0 Å². The molecular weight excluding hydrogens is 464 g/mol. The average molecular weight is 479 g/mol. The normalized spacial score (nSPS) is 11.4. The van der Waals surface area contributed by atoms with Crippen molar-refractivity contribution in [2.45, 2.75) is 33.9 Å². The summed E-state index contributed by atoms with van der Waals surface area (Å²) < 4.78 is 32.9. The van der Waals surface area contributed by atoms with E-state index in [2.05, 4.69) is 31.1 Å². The molecule has 2 heterocycles. The predicted molar refractivity (Wildman–Crippen MR) is 106 cm³/mol. The highest BCUT2D eigenvalue weighted by Crippen LogP contribution is 2.45. The second-order valence-electron chi connectivity index (χ2n) is 5.69. The van der Waals surface area contributed by atoms with Crippen molar-refractivity contribution in [2.75, 3.05) is 5.32 Å². The topological polar surface area (TPSA) is 56.2 Å². The van der Waals surface area contributed by atoms with E-state index in [0.29, 0.717) is 27.1 Å². The van der Waals surface area contributed by atoms with Crippen LogP contribution in [0.1, 0.15) is 28.0 Å². The number of thiophene rings is 1. The molecular formula is C17H15BrClF2N3O2S. The van der Waals surface area contributed by atoms with Crippen molar-refractivity contribution in [1.82, 2.24) is 9.78 Å².